The maximum Gasteiger partial charge on any atom is 0.289 e. The summed E-state index contributed by atoms with van der Waals surface area (Å²) in [6.45, 7) is 3.47. The average Bonchev–Trinajstić information content (AvgIpc) is 3.18. The normalized spacial score (nSPS) is 15.2. The number of furan rings is 1. The molecule has 25 heavy (non-hydrogen) atoms. The number of rotatable bonds is 4. The molecule has 3 rings (SSSR count). The van der Waals surface area contributed by atoms with Gasteiger partial charge in [-0.25, -0.2) is 4.39 Å². The van der Waals surface area contributed by atoms with E-state index >= 15 is 0 Å². The molecule has 1 aromatic heterocycles. The van der Waals surface area contributed by atoms with E-state index in [0.717, 1.165) is 0 Å². The van der Waals surface area contributed by atoms with Crippen molar-refractivity contribution in [2.75, 3.05) is 24.5 Å². The number of anilines is 1. The molecule has 0 aliphatic carbocycles. The Kier molecular flexibility index (Phi) is 5.16. The Morgan fingerprint density at radius 1 is 1.20 bits per heavy atom. The van der Waals surface area contributed by atoms with Crippen LogP contribution in [0.2, 0.25) is 0 Å². The van der Waals surface area contributed by atoms with Gasteiger partial charge in [0.05, 0.1) is 6.26 Å². The summed E-state index contributed by atoms with van der Waals surface area (Å²) in [6, 6.07) is 9.28. The molecule has 2 heterocycles. The van der Waals surface area contributed by atoms with Crippen molar-refractivity contribution in [3.8, 4) is 0 Å². The minimum Gasteiger partial charge on any atom is -0.459 e. The second-order valence-electron chi connectivity index (χ2n) is 6.10. The van der Waals surface area contributed by atoms with Crippen molar-refractivity contribution >= 4 is 17.5 Å². The smallest absolute Gasteiger partial charge is 0.289 e. The van der Waals surface area contributed by atoms with Gasteiger partial charge >= 0.3 is 0 Å². The van der Waals surface area contributed by atoms with Gasteiger partial charge in [-0.15, -0.1) is 0 Å². The van der Waals surface area contributed by atoms with E-state index in [2.05, 4.69) is 0 Å². The van der Waals surface area contributed by atoms with Crippen LogP contribution in [-0.4, -0.2) is 36.3 Å². The Hall–Kier alpha value is -2.63. The van der Waals surface area contributed by atoms with Crippen molar-refractivity contribution in [3.63, 3.8) is 0 Å². The van der Waals surface area contributed by atoms with Crippen molar-refractivity contribution in [2.45, 2.75) is 19.8 Å². The molecule has 1 saturated heterocycles. The maximum absolute atomic E-state index is 13.1. The SMILES string of the molecule is CCN(C(=O)C1CCN(C(=O)c2ccco2)CC1)c1ccc(F)cc1. The number of amides is 2. The van der Waals surface area contributed by atoms with E-state index < -0.39 is 0 Å². The highest BCUT2D eigenvalue weighted by Crippen LogP contribution is 2.24. The first-order valence-corrected chi connectivity index (χ1v) is 8.50. The Balaban J connectivity index is 1.62. The standard InChI is InChI=1S/C19H21FN2O3/c1-2-22(16-7-5-15(20)6-8-16)18(23)14-9-11-21(12-10-14)19(24)17-4-3-13-25-17/h3-8,13-14H,2,9-12H2,1H3. The third kappa shape index (κ3) is 3.73. The molecule has 0 unspecified atom stereocenters. The zero-order valence-corrected chi connectivity index (χ0v) is 14.2. The summed E-state index contributed by atoms with van der Waals surface area (Å²) in [5, 5.41) is 0. The average molecular weight is 344 g/mol. The van der Waals surface area contributed by atoms with E-state index in [0.29, 0.717) is 43.9 Å². The summed E-state index contributed by atoms with van der Waals surface area (Å²) in [4.78, 5) is 28.5. The zero-order valence-electron chi connectivity index (χ0n) is 14.2. The number of likely N-dealkylation sites (tertiary alicyclic amines) is 1. The number of halogens is 1. The fraction of sp³-hybridized carbons (Fsp3) is 0.368. The van der Waals surface area contributed by atoms with Gasteiger partial charge in [0.1, 0.15) is 5.82 Å². The Bertz CT molecular complexity index is 720. The molecule has 0 radical (unpaired) electrons. The van der Waals surface area contributed by atoms with Gasteiger partial charge in [-0.2, -0.15) is 0 Å². The highest BCUT2D eigenvalue weighted by molar-refractivity contribution is 5.95. The summed E-state index contributed by atoms with van der Waals surface area (Å²) in [6.07, 6.45) is 2.71. The molecule has 1 fully saturated rings. The molecule has 0 bridgehead atoms. The lowest BCUT2D eigenvalue weighted by atomic mass is 9.94. The molecule has 6 heteroatoms. The highest BCUT2D eigenvalue weighted by atomic mass is 19.1. The molecule has 0 atom stereocenters. The Labute approximate surface area is 146 Å². The molecule has 0 spiro atoms. The van der Waals surface area contributed by atoms with Crippen LogP contribution < -0.4 is 4.90 Å². The molecule has 2 aromatic rings. The highest BCUT2D eigenvalue weighted by Gasteiger charge is 2.31. The zero-order chi connectivity index (χ0) is 17.8. The van der Waals surface area contributed by atoms with Crippen LogP contribution >= 0.6 is 0 Å². The molecule has 1 aromatic carbocycles. The maximum atomic E-state index is 13.1. The van der Waals surface area contributed by atoms with Crippen molar-refractivity contribution < 1.29 is 18.4 Å². The van der Waals surface area contributed by atoms with Crippen LogP contribution in [0.25, 0.3) is 0 Å². The summed E-state index contributed by atoms with van der Waals surface area (Å²) in [5.74, 6) is -0.241. The summed E-state index contributed by atoms with van der Waals surface area (Å²) in [5.41, 5.74) is 0.697. The number of benzene rings is 1. The van der Waals surface area contributed by atoms with Crippen LogP contribution in [0.3, 0.4) is 0 Å². The third-order valence-corrected chi connectivity index (χ3v) is 4.58. The van der Waals surface area contributed by atoms with Crippen molar-refractivity contribution in [2.24, 2.45) is 5.92 Å². The van der Waals surface area contributed by atoms with Gasteiger partial charge in [0.2, 0.25) is 5.91 Å². The molecule has 0 saturated carbocycles. The molecular weight excluding hydrogens is 323 g/mol. The predicted octanol–water partition coefficient (Wildman–Crippen LogP) is 3.32. The van der Waals surface area contributed by atoms with Gasteiger partial charge in [0, 0.05) is 31.2 Å². The number of hydrogen-bond acceptors (Lipinski definition) is 3. The van der Waals surface area contributed by atoms with Crippen molar-refractivity contribution in [1.29, 1.82) is 0 Å². The topological polar surface area (TPSA) is 53.8 Å². The Morgan fingerprint density at radius 3 is 2.44 bits per heavy atom. The minimum absolute atomic E-state index is 0.0270. The number of hydrogen-bond donors (Lipinski definition) is 0. The molecule has 132 valence electrons. The first-order chi connectivity index (χ1) is 12.1. The summed E-state index contributed by atoms with van der Waals surface area (Å²) < 4.78 is 18.2. The molecule has 0 N–H and O–H groups in total. The van der Waals surface area contributed by atoms with Crippen LogP contribution in [0.5, 0.6) is 0 Å². The van der Waals surface area contributed by atoms with Gasteiger partial charge < -0.3 is 14.2 Å². The molecule has 5 nitrogen and oxygen atoms in total. The van der Waals surface area contributed by atoms with E-state index in [-0.39, 0.29) is 23.5 Å². The van der Waals surface area contributed by atoms with Gasteiger partial charge in [0.15, 0.2) is 5.76 Å². The minimum atomic E-state index is -0.322. The second kappa shape index (κ2) is 7.51. The van der Waals surface area contributed by atoms with Crippen molar-refractivity contribution in [3.05, 3.63) is 54.2 Å². The summed E-state index contributed by atoms with van der Waals surface area (Å²) in [7, 11) is 0. The van der Waals surface area contributed by atoms with Crippen LogP contribution in [0, 0.1) is 11.7 Å². The van der Waals surface area contributed by atoms with E-state index in [1.807, 2.05) is 6.92 Å². The van der Waals surface area contributed by atoms with Crippen LogP contribution in [0.4, 0.5) is 10.1 Å². The summed E-state index contributed by atoms with van der Waals surface area (Å²) >= 11 is 0. The third-order valence-electron chi connectivity index (χ3n) is 4.58. The molecule has 1 aliphatic heterocycles. The van der Waals surface area contributed by atoms with Crippen LogP contribution in [0.1, 0.15) is 30.3 Å². The van der Waals surface area contributed by atoms with Crippen molar-refractivity contribution in [1.82, 2.24) is 4.90 Å². The van der Waals surface area contributed by atoms with E-state index in [1.54, 1.807) is 34.1 Å². The monoisotopic (exact) mass is 344 g/mol. The lowest BCUT2D eigenvalue weighted by Gasteiger charge is -2.33. The number of carbonyl (C=O) groups is 2. The largest absolute Gasteiger partial charge is 0.459 e. The van der Waals surface area contributed by atoms with E-state index in [1.165, 1.54) is 18.4 Å². The van der Waals surface area contributed by atoms with Crippen LogP contribution in [0.15, 0.2) is 47.1 Å². The molecular formula is C19H21FN2O3. The van der Waals surface area contributed by atoms with Gasteiger partial charge in [-0.3, -0.25) is 9.59 Å². The lowest BCUT2D eigenvalue weighted by Crippen LogP contribution is -2.44. The van der Waals surface area contributed by atoms with E-state index in [4.69, 9.17) is 4.42 Å². The lowest BCUT2D eigenvalue weighted by molar-refractivity contribution is -0.123. The fourth-order valence-electron chi connectivity index (χ4n) is 3.19. The molecule has 1 aliphatic rings. The van der Waals surface area contributed by atoms with E-state index in [9.17, 15) is 14.0 Å². The van der Waals surface area contributed by atoms with Gasteiger partial charge in [-0.1, -0.05) is 0 Å². The number of piperidine rings is 1. The number of nitrogens with zero attached hydrogens (tertiary/aromatic N) is 2. The second-order valence-corrected chi connectivity index (χ2v) is 6.10. The predicted molar refractivity (Wildman–Crippen MR) is 91.8 cm³/mol. The quantitative estimate of drug-likeness (QED) is 0.855. The fourth-order valence-corrected chi connectivity index (χ4v) is 3.19. The first-order valence-electron chi connectivity index (χ1n) is 8.50. The first kappa shape index (κ1) is 17.2. The van der Waals surface area contributed by atoms with Crippen LogP contribution in [-0.2, 0) is 4.79 Å². The molecule has 2 amide bonds. The van der Waals surface area contributed by atoms with Gasteiger partial charge in [-0.05, 0) is 56.2 Å². The van der Waals surface area contributed by atoms with Gasteiger partial charge in [0.25, 0.3) is 5.91 Å². The Morgan fingerprint density at radius 2 is 1.88 bits per heavy atom. The number of carbonyl (C=O) groups excluding carboxylic acids is 2.